The number of hydrogen-bond donors (Lipinski definition) is 2. The first-order chi connectivity index (χ1) is 9.09. The summed E-state index contributed by atoms with van der Waals surface area (Å²) in [4.78, 5) is 16.2. The highest BCUT2D eigenvalue weighted by Gasteiger charge is 2.38. The van der Waals surface area contributed by atoms with E-state index in [4.69, 9.17) is 55.2 Å². The predicted molar refractivity (Wildman–Crippen MR) is 65.3 cm³/mol. The van der Waals surface area contributed by atoms with E-state index in [1.165, 1.54) is 0 Å². The normalized spacial score (nSPS) is 10.6. The summed E-state index contributed by atoms with van der Waals surface area (Å²) in [6.07, 6.45) is -5.08. The monoisotopic (exact) mass is 355 g/mol. The van der Waals surface area contributed by atoms with E-state index in [2.05, 4.69) is 9.97 Å². The predicted octanol–water partition coefficient (Wildman–Crippen LogP) is 2.41. The maximum Gasteiger partial charge on any atom is 0.490 e. The first-order valence-corrected chi connectivity index (χ1v) is 5.74. The lowest BCUT2D eigenvalue weighted by atomic mass is 10.6. The van der Waals surface area contributed by atoms with Gasteiger partial charge in [0.15, 0.2) is 16.1 Å². The average molecular weight is 357 g/mol. The van der Waals surface area contributed by atoms with E-state index in [0.717, 1.165) is 0 Å². The lowest BCUT2D eigenvalue weighted by molar-refractivity contribution is -0.192. The molecule has 1 rings (SSSR count). The fourth-order valence-corrected chi connectivity index (χ4v) is 1.41. The topological polar surface area (TPSA) is 98.3 Å². The molecular formula is C8H7Cl3F3N3O3. The van der Waals surface area contributed by atoms with Gasteiger partial charge in [0.05, 0.1) is 0 Å². The number of nitrogens with two attached hydrogens (primary N) is 1. The highest BCUT2D eigenvalue weighted by molar-refractivity contribution is 6.37. The van der Waals surface area contributed by atoms with Gasteiger partial charge in [-0.2, -0.15) is 13.2 Å². The van der Waals surface area contributed by atoms with Gasteiger partial charge in [0.2, 0.25) is 5.28 Å². The molecule has 0 aliphatic heterocycles. The van der Waals surface area contributed by atoms with Crippen LogP contribution in [-0.4, -0.2) is 40.4 Å². The van der Waals surface area contributed by atoms with Crippen LogP contribution in [0.5, 0.6) is 5.75 Å². The van der Waals surface area contributed by atoms with Gasteiger partial charge in [-0.05, 0) is 11.6 Å². The van der Waals surface area contributed by atoms with Gasteiger partial charge in [0, 0.05) is 6.54 Å². The standard InChI is InChI=1S/C6H6Cl3N3O.C2HF3O2/c7-4-3(13-2-1-10)5(8)12-6(9)11-4;3-2(4,5)1(6)7/h1-2,10H2;(H,6,7). The second kappa shape index (κ2) is 8.30. The van der Waals surface area contributed by atoms with Gasteiger partial charge in [-0.3, -0.25) is 0 Å². The number of rotatable bonds is 3. The van der Waals surface area contributed by atoms with E-state index in [0.29, 0.717) is 13.2 Å². The van der Waals surface area contributed by atoms with Gasteiger partial charge < -0.3 is 15.6 Å². The summed E-state index contributed by atoms with van der Waals surface area (Å²) >= 11 is 16.9. The van der Waals surface area contributed by atoms with Crippen LogP contribution in [-0.2, 0) is 4.79 Å². The molecule has 1 aromatic rings. The number of carbonyl (C=O) groups is 1. The molecule has 114 valence electrons. The Balaban J connectivity index is 0.000000441. The van der Waals surface area contributed by atoms with Crippen molar-refractivity contribution >= 4 is 40.8 Å². The molecule has 6 nitrogen and oxygen atoms in total. The van der Waals surface area contributed by atoms with Gasteiger partial charge in [0.1, 0.15) is 6.61 Å². The van der Waals surface area contributed by atoms with Gasteiger partial charge in [-0.1, -0.05) is 23.2 Å². The molecule has 0 saturated heterocycles. The zero-order chi connectivity index (χ0) is 15.9. The average Bonchev–Trinajstić information content (AvgIpc) is 2.27. The third kappa shape index (κ3) is 6.94. The zero-order valence-corrected chi connectivity index (χ0v) is 11.7. The molecule has 0 saturated carbocycles. The highest BCUT2D eigenvalue weighted by Crippen LogP contribution is 2.30. The first kappa shape index (κ1) is 19.0. The van der Waals surface area contributed by atoms with Crippen LogP contribution in [0.3, 0.4) is 0 Å². The van der Waals surface area contributed by atoms with Crippen LogP contribution in [0.1, 0.15) is 0 Å². The summed E-state index contributed by atoms with van der Waals surface area (Å²) in [7, 11) is 0. The van der Waals surface area contributed by atoms with Crippen LogP contribution >= 0.6 is 34.8 Å². The van der Waals surface area contributed by atoms with Gasteiger partial charge in [0.25, 0.3) is 0 Å². The molecular weight excluding hydrogens is 349 g/mol. The Morgan fingerprint density at radius 3 is 1.95 bits per heavy atom. The largest absolute Gasteiger partial charge is 0.490 e. The van der Waals surface area contributed by atoms with Crippen LogP contribution in [0, 0.1) is 0 Å². The first-order valence-electron chi connectivity index (χ1n) is 4.61. The Morgan fingerprint density at radius 2 is 1.65 bits per heavy atom. The number of nitrogens with zero attached hydrogens (tertiary/aromatic N) is 2. The second-order valence-electron chi connectivity index (χ2n) is 2.84. The summed E-state index contributed by atoms with van der Waals surface area (Å²) in [6, 6.07) is 0. The molecule has 0 spiro atoms. The number of alkyl halides is 3. The van der Waals surface area contributed by atoms with Crippen molar-refractivity contribution in [2.75, 3.05) is 13.2 Å². The van der Waals surface area contributed by atoms with E-state index < -0.39 is 12.1 Å². The molecule has 0 fully saturated rings. The fourth-order valence-electron chi connectivity index (χ4n) is 0.654. The smallest absolute Gasteiger partial charge is 0.486 e. The van der Waals surface area contributed by atoms with Crippen molar-refractivity contribution < 1.29 is 27.8 Å². The lowest BCUT2D eigenvalue weighted by Gasteiger charge is -2.06. The summed E-state index contributed by atoms with van der Waals surface area (Å²) in [5.41, 5.74) is 5.23. The summed E-state index contributed by atoms with van der Waals surface area (Å²) in [5.74, 6) is -2.55. The quantitative estimate of drug-likeness (QED) is 0.637. The summed E-state index contributed by atoms with van der Waals surface area (Å²) in [5, 5.41) is 7.27. The number of hydrogen-bond acceptors (Lipinski definition) is 5. The van der Waals surface area contributed by atoms with Crippen LogP contribution in [0.2, 0.25) is 15.6 Å². The molecule has 1 aromatic heterocycles. The van der Waals surface area contributed by atoms with Crippen molar-refractivity contribution in [2.24, 2.45) is 5.73 Å². The van der Waals surface area contributed by atoms with Gasteiger partial charge in [-0.25, -0.2) is 14.8 Å². The van der Waals surface area contributed by atoms with Gasteiger partial charge >= 0.3 is 12.1 Å². The van der Waals surface area contributed by atoms with E-state index in [-0.39, 0.29) is 21.3 Å². The number of aromatic nitrogens is 2. The van der Waals surface area contributed by atoms with Crippen LogP contribution in [0.15, 0.2) is 0 Å². The van der Waals surface area contributed by atoms with Crippen LogP contribution < -0.4 is 10.5 Å². The molecule has 12 heteroatoms. The van der Waals surface area contributed by atoms with E-state index in [1.54, 1.807) is 0 Å². The Kier molecular flexibility index (Phi) is 7.87. The number of carboxylic acid groups (broad SMARTS) is 1. The van der Waals surface area contributed by atoms with Crippen molar-refractivity contribution in [1.29, 1.82) is 0 Å². The Labute approximate surface area is 125 Å². The molecule has 0 atom stereocenters. The third-order valence-corrected chi connectivity index (χ3v) is 2.04. The number of ether oxygens (including phenoxy) is 1. The maximum atomic E-state index is 10.6. The summed E-state index contributed by atoms with van der Waals surface area (Å²) in [6.45, 7) is 0.652. The SMILES string of the molecule is NCCOc1c(Cl)nc(Cl)nc1Cl.O=C(O)C(F)(F)F. The van der Waals surface area contributed by atoms with E-state index in [9.17, 15) is 13.2 Å². The number of carboxylic acids is 1. The minimum Gasteiger partial charge on any atom is -0.486 e. The zero-order valence-electron chi connectivity index (χ0n) is 9.42. The Bertz CT molecular complexity index is 450. The van der Waals surface area contributed by atoms with Gasteiger partial charge in [-0.15, -0.1) is 0 Å². The molecule has 0 aliphatic carbocycles. The summed E-state index contributed by atoms with van der Waals surface area (Å²) < 4.78 is 36.8. The third-order valence-electron chi connectivity index (χ3n) is 1.36. The van der Waals surface area contributed by atoms with Crippen molar-refractivity contribution in [3.63, 3.8) is 0 Å². The minimum atomic E-state index is -5.08. The highest BCUT2D eigenvalue weighted by atomic mass is 35.5. The Hall–Kier alpha value is -1.03. The Morgan fingerprint density at radius 1 is 1.25 bits per heavy atom. The second-order valence-corrected chi connectivity index (χ2v) is 3.90. The fraction of sp³-hybridized carbons (Fsp3) is 0.375. The maximum absolute atomic E-state index is 10.6. The van der Waals surface area contributed by atoms with Crippen molar-refractivity contribution in [3.8, 4) is 5.75 Å². The lowest BCUT2D eigenvalue weighted by Crippen LogP contribution is -2.21. The molecule has 20 heavy (non-hydrogen) atoms. The van der Waals surface area contributed by atoms with E-state index in [1.807, 2.05) is 0 Å². The molecule has 0 amide bonds. The van der Waals surface area contributed by atoms with Crippen molar-refractivity contribution in [2.45, 2.75) is 6.18 Å². The molecule has 3 N–H and O–H groups in total. The molecule has 1 heterocycles. The van der Waals surface area contributed by atoms with E-state index >= 15 is 0 Å². The number of aliphatic carboxylic acids is 1. The molecule has 0 radical (unpaired) electrons. The number of halogens is 6. The molecule has 0 aliphatic rings. The molecule has 0 aromatic carbocycles. The van der Waals surface area contributed by atoms with Crippen molar-refractivity contribution in [3.05, 3.63) is 15.6 Å². The molecule has 0 unspecified atom stereocenters. The minimum absolute atomic E-state index is 0.0184. The van der Waals surface area contributed by atoms with Crippen LogP contribution in [0.4, 0.5) is 13.2 Å². The van der Waals surface area contributed by atoms with Crippen LogP contribution in [0.25, 0.3) is 0 Å². The van der Waals surface area contributed by atoms with Crippen molar-refractivity contribution in [1.82, 2.24) is 9.97 Å². The molecule has 0 bridgehead atoms.